The Morgan fingerprint density at radius 2 is 1.79 bits per heavy atom. The van der Waals surface area contributed by atoms with Crippen molar-refractivity contribution in [2.45, 2.75) is 18.2 Å². The van der Waals surface area contributed by atoms with Crippen molar-refractivity contribution in [1.82, 2.24) is 4.72 Å². The molecule has 7 nitrogen and oxygen atoms in total. The Kier molecular flexibility index (Phi) is 5.91. The van der Waals surface area contributed by atoms with Crippen LogP contribution in [0.5, 0.6) is 0 Å². The summed E-state index contributed by atoms with van der Waals surface area (Å²) in [5, 5.41) is 0.780. The Bertz CT molecular complexity index is 1070. The molecule has 0 radical (unpaired) electrons. The van der Waals surface area contributed by atoms with Gasteiger partial charge in [0, 0.05) is 11.9 Å². The standard InChI is InChI=1S/C20H19NO6S/c1-14-6-8-16(9-7-14)28(24,25)21-11-10-20(23)26-13-17(22)19-12-15-4-2-3-5-18(15)27-19/h2-9,12,21H,10-11,13H2,1H3. The number of carbonyl (C=O) groups excluding carboxylic acids is 2. The molecule has 0 saturated carbocycles. The zero-order chi connectivity index (χ0) is 20.1. The highest BCUT2D eigenvalue weighted by Crippen LogP contribution is 2.19. The molecule has 0 spiro atoms. The Balaban J connectivity index is 1.46. The number of furan rings is 1. The minimum atomic E-state index is -3.70. The predicted octanol–water partition coefficient (Wildman–Crippen LogP) is 2.84. The van der Waals surface area contributed by atoms with E-state index in [4.69, 9.17) is 9.15 Å². The van der Waals surface area contributed by atoms with Crippen molar-refractivity contribution in [1.29, 1.82) is 0 Å². The molecule has 0 fully saturated rings. The summed E-state index contributed by atoms with van der Waals surface area (Å²) < 4.78 is 36.9. The van der Waals surface area contributed by atoms with Crippen LogP contribution in [0.25, 0.3) is 11.0 Å². The number of esters is 1. The van der Waals surface area contributed by atoms with E-state index < -0.39 is 28.4 Å². The number of ether oxygens (including phenoxy) is 1. The van der Waals surface area contributed by atoms with E-state index in [0.29, 0.717) is 5.58 Å². The van der Waals surface area contributed by atoms with Crippen LogP contribution in [0.1, 0.15) is 22.5 Å². The Hall–Kier alpha value is -2.97. The van der Waals surface area contributed by atoms with Gasteiger partial charge in [-0.15, -0.1) is 0 Å². The first kappa shape index (κ1) is 19.8. The minimum Gasteiger partial charge on any atom is -0.457 e. The Morgan fingerprint density at radius 1 is 1.07 bits per heavy atom. The highest BCUT2D eigenvalue weighted by Gasteiger charge is 2.16. The van der Waals surface area contributed by atoms with Crippen LogP contribution in [-0.4, -0.2) is 33.3 Å². The maximum Gasteiger partial charge on any atom is 0.307 e. The van der Waals surface area contributed by atoms with Gasteiger partial charge in [0.2, 0.25) is 15.8 Å². The SMILES string of the molecule is Cc1ccc(S(=O)(=O)NCCC(=O)OCC(=O)c2cc3ccccc3o2)cc1. The summed E-state index contributed by atoms with van der Waals surface area (Å²) in [6.45, 7) is 1.25. The first-order valence-corrected chi connectivity index (χ1v) is 10.1. The van der Waals surface area contributed by atoms with Crippen LogP contribution in [-0.2, 0) is 19.6 Å². The van der Waals surface area contributed by atoms with E-state index >= 15 is 0 Å². The van der Waals surface area contributed by atoms with E-state index in [-0.39, 0.29) is 23.6 Å². The molecule has 0 aliphatic rings. The van der Waals surface area contributed by atoms with Gasteiger partial charge in [-0.3, -0.25) is 9.59 Å². The van der Waals surface area contributed by atoms with E-state index in [0.717, 1.165) is 10.9 Å². The van der Waals surface area contributed by atoms with Crippen LogP contribution in [0.3, 0.4) is 0 Å². The molecule has 3 aromatic rings. The maximum atomic E-state index is 12.1. The first-order chi connectivity index (χ1) is 13.3. The van der Waals surface area contributed by atoms with E-state index in [2.05, 4.69) is 4.72 Å². The average Bonchev–Trinajstić information content (AvgIpc) is 3.10. The maximum absolute atomic E-state index is 12.1. The summed E-state index contributed by atoms with van der Waals surface area (Å²) >= 11 is 0. The molecule has 0 saturated heterocycles. The van der Waals surface area contributed by atoms with Gasteiger partial charge in [0.1, 0.15) is 5.58 Å². The third-order valence-corrected chi connectivity index (χ3v) is 5.49. The van der Waals surface area contributed by atoms with Gasteiger partial charge in [-0.25, -0.2) is 13.1 Å². The molecule has 28 heavy (non-hydrogen) atoms. The molecule has 146 valence electrons. The number of nitrogens with one attached hydrogen (secondary N) is 1. The Morgan fingerprint density at radius 3 is 2.50 bits per heavy atom. The number of Topliss-reactive ketones (excluding diaryl/α,β-unsaturated/α-hetero) is 1. The molecule has 1 N–H and O–H groups in total. The number of rotatable bonds is 8. The first-order valence-electron chi connectivity index (χ1n) is 8.59. The number of sulfonamides is 1. The van der Waals surface area contributed by atoms with Crippen molar-refractivity contribution in [3.8, 4) is 0 Å². The fourth-order valence-corrected chi connectivity index (χ4v) is 3.53. The van der Waals surface area contributed by atoms with Gasteiger partial charge in [0.15, 0.2) is 12.4 Å². The van der Waals surface area contributed by atoms with Gasteiger partial charge < -0.3 is 9.15 Å². The lowest BCUT2D eigenvalue weighted by Gasteiger charge is -2.07. The number of hydrogen-bond donors (Lipinski definition) is 1. The van der Waals surface area contributed by atoms with Crippen molar-refractivity contribution >= 4 is 32.7 Å². The zero-order valence-corrected chi connectivity index (χ0v) is 16.0. The third kappa shape index (κ3) is 4.85. The smallest absolute Gasteiger partial charge is 0.307 e. The molecule has 8 heteroatoms. The molecular formula is C20H19NO6S. The van der Waals surface area contributed by atoms with Gasteiger partial charge in [-0.05, 0) is 31.2 Å². The molecular weight excluding hydrogens is 382 g/mol. The quantitative estimate of drug-likeness (QED) is 0.460. The highest BCUT2D eigenvalue weighted by molar-refractivity contribution is 7.89. The number of aryl methyl sites for hydroxylation is 1. The molecule has 0 unspecified atom stereocenters. The molecule has 0 bridgehead atoms. The number of benzene rings is 2. The normalized spacial score (nSPS) is 11.5. The van der Waals surface area contributed by atoms with Crippen LogP contribution >= 0.6 is 0 Å². The van der Waals surface area contributed by atoms with E-state index in [1.54, 1.807) is 30.3 Å². The summed E-state index contributed by atoms with van der Waals surface area (Å²) in [7, 11) is -3.70. The molecule has 0 aliphatic heterocycles. The number of para-hydroxylation sites is 1. The Labute approximate surface area is 162 Å². The van der Waals surface area contributed by atoms with Crippen molar-refractivity contribution in [3.63, 3.8) is 0 Å². The lowest BCUT2D eigenvalue weighted by Crippen LogP contribution is -2.27. The molecule has 2 aromatic carbocycles. The number of ketones is 1. The van der Waals surface area contributed by atoms with Crippen molar-refractivity contribution < 1.29 is 27.2 Å². The summed E-state index contributed by atoms with van der Waals surface area (Å²) in [4.78, 5) is 24.0. The van der Waals surface area contributed by atoms with Crippen LogP contribution in [0.2, 0.25) is 0 Å². The second kappa shape index (κ2) is 8.37. The zero-order valence-electron chi connectivity index (χ0n) is 15.2. The van der Waals surface area contributed by atoms with Crippen LogP contribution < -0.4 is 4.72 Å². The van der Waals surface area contributed by atoms with Crippen LogP contribution in [0, 0.1) is 6.92 Å². The highest BCUT2D eigenvalue weighted by atomic mass is 32.2. The van der Waals surface area contributed by atoms with Gasteiger partial charge in [-0.1, -0.05) is 35.9 Å². The van der Waals surface area contributed by atoms with Crippen molar-refractivity contribution in [2.24, 2.45) is 0 Å². The van der Waals surface area contributed by atoms with Crippen LogP contribution in [0.4, 0.5) is 0 Å². The molecule has 3 rings (SSSR count). The average molecular weight is 401 g/mol. The number of fused-ring (bicyclic) bond motifs is 1. The van der Waals surface area contributed by atoms with Crippen molar-refractivity contribution in [3.05, 3.63) is 65.9 Å². The van der Waals surface area contributed by atoms with Crippen molar-refractivity contribution in [2.75, 3.05) is 13.2 Å². The second-order valence-corrected chi connectivity index (χ2v) is 7.96. The minimum absolute atomic E-state index is 0.106. The lowest BCUT2D eigenvalue weighted by molar-refractivity contribution is -0.142. The topological polar surface area (TPSA) is 103 Å². The fourth-order valence-electron chi connectivity index (χ4n) is 2.50. The third-order valence-electron chi connectivity index (χ3n) is 4.02. The van der Waals surface area contributed by atoms with Gasteiger partial charge in [0.05, 0.1) is 11.3 Å². The van der Waals surface area contributed by atoms with E-state index in [1.165, 1.54) is 12.1 Å². The van der Waals surface area contributed by atoms with Gasteiger partial charge >= 0.3 is 5.97 Å². The molecule has 0 aliphatic carbocycles. The number of hydrogen-bond acceptors (Lipinski definition) is 6. The second-order valence-electron chi connectivity index (χ2n) is 6.19. The largest absolute Gasteiger partial charge is 0.457 e. The molecule has 0 amide bonds. The summed E-state index contributed by atoms with van der Waals surface area (Å²) in [6, 6.07) is 15.1. The summed E-state index contributed by atoms with van der Waals surface area (Å²) in [5.74, 6) is -1.05. The van der Waals surface area contributed by atoms with E-state index in [9.17, 15) is 18.0 Å². The fraction of sp³-hybridized carbons (Fsp3) is 0.200. The monoisotopic (exact) mass is 401 g/mol. The molecule has 1 aromatic heterocycles. The van der Waals surface area contributed by atoms with Gasteiger partial charge in [0.25, 0.3) is 0 Å². The van der Waals surface area contributed by atoms with E-state index in [1.807, 2.05) is 19.1 Å². The van der Waals surface area contributed by atoms with Crippen LogP contribution in [0.15, 0.2) is 63.9 Å². The summed E-state index contributed by atoms with van der Waals surface area (Å²) in [6.07, 6.45) is -0.196. The summed E-state index contributed by atoms with van der Waals surface area (Å²) in [5.41, 5.74) is 1.51. The molecule has 0 atom stereocenters. The predicted molar refractivity (Wildman–Crippen MR) is 102 cm³/mol. The number of carbonyl (C=O) groups is 2. The van der Waals surface area contributed by atoms with Gasteiger partial charge in [-0.2, -0.15) is 0 Å². The lowest BCUT2D eigenvalue weighted by atomic mass is 10.2. The molecule has 1 heterocycles.